The highest BCUT2D eigenvalue weighted by atomic mass is 16.5. The lowest BCUT2D eigenvalue weighted by molar-refractivity contribution is -0.144. The summed E-state index contributed by atoms with van der Waals surface area (Å²) >= 11 is 0. The van der Waals surface area contributed by atoms with Crippen LogP contribution in [0.2, 0.25) is 0 Å². The average molecular weight is 208 g/mol. The molecule has 82 valence electrons. The lowest BCUT2D eigenvalue weighted by Crippen LogP contribution is -2.45. The van der Waals surface area contributed by atoms with E-state index in [9.17, 15) is 4.79 Å². The van der Waals surface area contributed by atoms with Gasteiger partial charge in [0.05, 0.1) is 12.3 Å². The van der Waals surface area contributed by atoms with E-state index >= 15 is 0 Å². The van der Waals surface area contributed by atoms with Gasteiger partial charge >= 0.3 is 5.97 Å². The maximum atomic E-state index is 11.4. The van der Waals surface area contributed by atoms with Crippen LogP contribution >= 0.6 is 0 Å². The molecule has 2 N–H and O–H groups in total. The molecule has 0 heterocycles. The first-order valence-corrected chi connectivity index (χ1v) is 4.92. The van der Waals surface area contributed by atoms with E-state index in [1.165, 1.54) is 5.01 Å². The third-order valence-corrected chi connectivity index (χ3v) is 2.10. The zero-order valence-corrected chi connectivity index (χ0v) is 9.01. The molecule has 4 nitrogen and oxygen atoms in total. The first-order chi connectivity index (χ1) is 7.16. The molecule has 4 heteroatoms. The van der Waals surface area contributed by atoms with Gasteiger partial charge in [0.25, 0.3) is 0 Å². The monoisotopic (exact) mass is 208 g/mol. The Balaban J connectivity index is 2.68. The summed E-state index contributed by atoms with van der Waals surface area (Å²) in [6.45, 7) is 3.85. The van der Waals surface area contributed by atoms with E-state index in [0.29, 0.717) is 6.61 Å². The van der Waals surface area contributed by atoms with Gasteiger partial charge in [-0.05, 0) is 26.0 Å². The number of hydrazine groups is 1. The van der Waals surface area contributed by atoms with E-state index in [1.54, 1.807) is 13.8 Å². The molecule has 0 spiro atoms. The van der Waals surface area contributed by atoms with Crippen molar-refractivity contribution in [1.82, 2.24) is 0 Å². The van der Waals surface area contributed by atoms with Gasteiger partial charge in [-0.15, -0.1) is 0 Å². The maximum Gasteiger partial charge on any atom is 0.330 e. The maximum absolute atomic E-state index is 11.4. The number of nitrogens with two attached hydrogens (primary N) is 1. The molecule has 1 rings (SSSR count). The molecule has 0 aliphatic rings. The molecule has 0 aromatic heterocycles. The number of anilines is 1. The number of carbonyl (C=O) groups excluding carboxylic acids is 1. The van der Waals surface area contributed by atoms with Crippen LogP contribution in [0, 0.1) is 0 Å². The first kappa shape index (κ1) is 11.5. The predicted molar refractivity (Wildman–Crippen MR) is 59.2 cm³/mol. The fraction of sp³-hybridized carbons (Fsp3) is 0.364. The first-order valence-electron chi connectivity index (χ1n) is 4.92. The molecule has 1 aromatic carbocycles. The number of carbonyl (C=O) groups is 1. The molecule has 1 aromatic rings. The molecule has 0 amide bonds. The topological polar surface area (TPSA) is 55.6 Å². The van der Waals surface area contributed by atoms with Crippen molar-refractivity contribution < 1.29 is 9.53 Å². The number of para-hydroxylation sites is 1. The fourth-order valence-electron chi connectivity index (χ4n) is 1.20. The van der Waals surface area contributed by atoms with Gasteiger partial charge in [0.1, 0.15) is 6.04 Å². The number of ether oxygens (including phenoxy) is 1. The van der Waals surface area contributed by atoms with Gasteiger partial charge in [-0.1, -0.05) is 18.2 Å². The van der Waals surface area contributed by atoms with Crippen molar-refractivity contribution in [2.45, 2.75) is 19.9 Å². The van der Waals surface area contributed by atoms with Gasteiger partial charge in [-0.3, -0.25) is 5.01 Å². The lowest BCUT2D eigenvalue weighted by Gasteiger charge is -2.24. The quantitative estimate of drug-likeness (QED) is 0.460. The van der Waals surface area contributed by atoms with Gasteiger partial charge in [0, 0.05) is 0 Å². The van der Waals surface area contributed by atoms with Gasteiger partial charge in [-0.25, -0.2) is 10.6 Å². The Morgan fingerprint density at radius 1 is 1.47 bits per heavy atom. The Kier molecular flexibility index (Phi) is 4.12. The van der Waals surface area contributed by atoms with Crippen LogP contribution in [0.1, 0.15) is 13.8 Å². The second-order valence-corrected chi connectivity index (χ2v) is 3.17. The van der Waals surface area contributed by atoms with Crippen LogP contribution in [-0.2, 0) is 9.53 Å². The summed E-state index contributed by atoms with van der Waals surface area (Å²) in [6, 6.07) is 8.84. The van der Waals surface area contributed by atoms with E-state index in [0.717, 1.165) is 5.69 Å². The Labute approximate surface area is 89.6 Å². The Morgan fingerprint density at radius 2 is 2.07 bits per heavy atom. The molecule has 0 aliphatic carbocycles. The van der Waals surface area contributed by atoms with Crippen molar-refractivity contribution in [2.24, 2.45) is 5.84 Å². The summed E-state index contributed by atoms with van der Waals surface area (Å²) in [7, 11) is 0. The van der Waals surface area contributed by atoms with Crippen LogP contribution in [0.4, 0.5) is 5.69 Å². The molecule has 0 radical (unpaired) electrons. The third-order valence-electron chi connectivity index (χ3n) is 2.10. The summed E-state index contributed by atoms with van der Waals surface area (Å²) in [5.74, 6) is 5.49. The van der Waals surface area contributed by atoms with Crippen molar-refractivity contribution in [2.75, 3.05) is 11.6 Å². The van der Waals surface area contributed by atoms with Crippen molar-refractivity contribution in [3.8, 4) is 0 Å². The van der Waals surface area contributed by atoms with Gasteiger partial charge in [0.2, 0.25) is 0 Å². The number of hydrogen-bond donors (Lipinski definition) is 1. The third kappa shape index (κ3) is 2.95. The number of benzene rings is 1. The molecule has 0 unspecified atom stereocenters. The smallest absolute Gasteiger partial charge is 0.330 e. The average Bonchev–Trinajstić information content (AvgIpc) is 2.28. The zero-order valence-electron chi connectivity index (χ0n) is 9.01. The zero-order chi connectivity index (χ0) is 11.3. The Hall–Kier alpha value is -1.55. The van der Waals surface area contributed by atoms with Gasteiger partial charge in [-0.2, -0.15) is 0 Å². The largest absolute Gasteiger partial charge is 0.464 e. The second-order valence-electron chi connectivity index (χ2n) is 3.17. The minimum atomic E-state index is -0.479. The minimum Gasteiger partial charge on any atom is -0.464 e. The van der Waals surface area contributed by atoms with Crippen LogP contribution in [0.3, 0.4) is 0 Å². The summed E-state index contributed by atoms with van der Waals surface area (Å²) < 4.78 is 4.89. The van der Waals surface area contributed by atoms with E-state index in [1.807, 2.05) is 30.3 Å². The summed E-state index contributed by atoms with van der Waals surface area (Å²) in [4.78, 5) is 11.4. The highest BCUT2D eigenvalue weighted by molar-refractivity contribution is 5.79. The van der Waals surface area contributed by atoms with Crippen LogP contribution in [-0.4, -0.2) is 18.6 Å². The molecule has 0 saturated heterocycles. The Morgan fingerprint density at radius 3 is 2.60 bits per heavy atom. The Bertz CT molecular complexity index is 314. The van der Waals surface area contributed by atoms with Crippen LogP contribution in [0.5, 0.6) is 0 Å². The highest BCUT2D eigenvalue weighted by Crippen LogP contribution is 2.12. The van der Waals surface area contributed by atoms with Crippen molar-refractivity contribution in [3.63, 3.8) is 0 Å². The number of esters is 1. The molecular formula is C11H16N2O2. The van der Waals surface area contributed by atoms with Crippen LogP contribution < -0.4 is 10.9 Å². The van der Waals surface area contributed by atoms with Crippen molar-refractivity contribution in [3.05, 3.63) is 30.3 Å². The van der Waals surface area contributed by atoms with E-state index in [4.69, 9.17) is 10.6 Å². The summed E-state index contributed by atoms with van der Waals surface area (Å²) in [6.07, 6.45) is 0. The lowest BCUT2D eigenvalue weighted by atomic mass is 10.2. The number of rotatable bonds is 4. The van der Waals surface area contributed by atoms with E-state index < -0.39 is 6.04 Å². The molecule has 0 bridgehead atoms. The fourth-order valence-corrected chi connectivity index (χ4v) is 1.20. The summed E-state index contributed by atoms with van der Waals surface area (Å²) in [5.41, 5.74) is 0.790. The van der Waals surface area contributed by atoms with Crippen LogP contribution in [0.25, 0.3) is 0 Å². The number of nitrogens with zero attached hydrogens (tertiary/aromatic N) is 1. The molecule has 15 heavy (non-hydrogen) atoms. The predicted octanol–water partition coefficient (Wildman–Crippen LogP) is 1.32. The molecule has 0 saturated carbocycles. The standard InChI is InChI=1S/C11H16N2O2/c1-3-15-11(14)9(2)13(12)10-7-5-4-6-8-10/h4-9H,3,12H2,1-2H3/t9-/m0/s1. The number of hydrogen-bond acceptors (Lipinski definition) is 4. The van der Waals surface area contributed by atoms with E-state index in [-0.39, 0.29) is 5.97 Å². The van der Waals surface area contributed by atoms with E-state index in [2.05, 4.69) is 0 Å². The summed E-state index contributed by atoms with van der Waals surface area (Å²) in [5, 5.41) is 1.40. The minimum absolute atomic E-state index is 0.316. The van der Waals surface area contributed by atoms with Gasteiger partial charge < -0.3 is 4.74 Å². The van der Waals surface area contributed by atoms with Crippen LogP contribution in [0.15, 0.2) is 30.3 Å². The van der Waals surface area contributed by atoms with Crippen molar-refractivity contribution >= 4 is 11.7 Å². The van der Waals surface area contributed by atoms with Crippen molar-refractivity contribution in [1.29, 1.82) is 0 Å². The SMILES string of the molecule is CCOC(=O)[C@H](C)N(N)c1ccccc1. The van der Waals surface area contributed by atoms with Gasteiger partial charge in [0.15, 0.2) is 0 Å². The molecule has 0 fully saturated rings. The second kappa shape index (κ2) is 5.36. The molecular weight excluding hydrogens is 192 g/mol. The normalized spacial score (nSPS) is 11.9. The molecule has 1 atom stereocenters. The molecule has 0 aliphatic heterocycles. The highest BCUT2D eigenvalue weighted by Gasteiger charge is 2.19.